The summed E-state index contributed by atoms with van der Waals surface area (Å²) in [6, 6.07) is 0. The highest BCUT2D eigenvalue weighted by Crippen LogP contribution is 2.20. The van der Waals surface area contributed by atoms with Crippen LogP contribution >= 0.6 is 0 Å². The predicted molar refractivity (Wildman–Crippen MR) is 102 cm³/mol. The summed E-state index contributed by atoms with van der Waals surface area (Å²) in [5, 5.41) is 18.6. The number of rotatable bonds is 16. The van der Waals surface area contributed by atoms with Gasteiger partial charge in [-0.3, -0.25) is 0 Å². The molecule has 1 heterocycles. The molecule has 0 aromatic rings. The highest BCUT2D eigenvalue weighted by molar-refractivity contribution is 5.81. The Balaban J connectivity index is 2.03. The van der Waals surface area contributed by atoms with Gasteiger partial charge >= 0.3 is 5.97 Å². The monoisotopic (exact) mass is 353 g/mol. The van der Waals surface area contributed by atoms with Crippen molar-refractivity contribution in [1.29, 1.82) is 0 Å². The van der Waals surface area contributed by atoms with Crippen molar-refractivity contribution in [2.24, 2.45) is 4.99 Å². The van der Waals surface area contributed by atoms with Gasteiger partial charge in [-0.15, -0.1) is 0 Å². The molecule has 0 amide bonds. The highest BCUT2D eigenvalue weighted by atomic mass is 16.4. The minimum atomic E-state index is -0.914. The van der Waals surface area contributed by atoms with E-state index in [9.17, 15) is 9.90 Å². The average molecular weight is 354 g/mol. The van der Waals surface area contributed by atoms with E-state index in [0.717, 1.165) is 25.1 Å². The normalized spacial score (nSPS) is 19.4. The third-order valence-electron chi connectivity index (χ3n) is 5.01. The maximum atomic E-state index is 11.0. The van der Waals surface area contributed by atoms with Crippen molar-refractivity contribution in [3.8, 4) is 0 Å². The lowest BCUT2D eigenvalue weighted by molar-refractivity contribution is -0.802. The van der Waals surface area contributed by atoms with Gasteiger partial charge in [-0.05, 0) is 6.42 Å². The lowest BCUT2D eigenvalue weighted by Crippen LogP contribution is -2.50. The van der Waals surface area contributed by atoms with Crippen molar-refractivity contribution >= 4 is 11.8 Å². The van der Waals surface area contributed by atoms with Crippen molar-refractivity contribution in [1.82, 2.24) is 0 Å². The van der Waals surface area contributed by atoms with Crippen LogP contribution in [0.15, 0.2) is 17.4 Å². The third-order valence-corrected chi connectivity index (χ3v) is 5.01. The van der Waals surface area contributed by atoms with Crippen LogP contribution in [0.25, 0.3) is 0 Å². The zero-order valence-corrected chi connectivity index (χ0v) is 16.0. The molecule has 1 unspecified atom stereocenters. The fourth-order valence-corrected chi connectivity index (χ4v) is 3.42. The molecule has 5 nitrogen and oxygen atoms in total. The van der Waals surface area contributed by atoms with Crippen LogP contribution < -0.4 is 0 Å². The Hall–Kier alpha value is -1.20. The second-order valence-electron chi connectivity index (χ2n) is 7.21. The Labute approximate surface area is 153 Å². The Bertz CT molecular complexity index is 435. The number of aliphatic hydroxyl groups excluding tert-OH is 1. The smallest absolute Gasteiger partial charge is 0.360 e. The quantitative estimate of drug-likeness (QED) is 0.309. The van der Waals surface area contributed by atoms with Crippen LogP contribution in [0.5, 0.6) is 0 Å². The molecule has 5 heteroatoms. The van der Waals surface area contributed by atoms with Gasteiger partial charge in [-0.1, -0.05) is 77.6 Å². The number of unbranched alkanes of at least 4 members (excludes halogenated alkanes) is 11. The molecule has 1 rings (SSSR count). The Morgan fingerprint density at radius 1 is 0.960 bits per heavy atom. The Morgan fingerprint density at radius 3 is 1.96 bits per heavy atom. The molecule has 0 aromatic heterocycles. The molecule has 0 aliphatic carbocycles. The number of nitrogens with zero attached hydrogens (tertiary/aromatic N) is 2. The summed E-state index contributed by atoms with van der Waals surface area (Å²) in [6.07, 6.45) is 19.7. The van der Waals surface area contributed by atoms with Gasteiger partial charge in [0.1, 0.15) is 6.20 Å². The molecule has 1 atom stereocenters. The molecule has 0 saturated carbocycles. The number of amidine groups is 1. The highest BCUT2D eigenvalue weighted by Gasteiger charge is 2.36. The molecule has 0 fully saturated rings. The maximum absolute atomic E-state index is 11.0. The number of hydrogen-bond acceptors (Lipinski definition) is 3. The summed E-state index contributed by atoms with van der Waals surface area (Å²) in [5.41, 5.74) is 0. The van der Waals surface area contributed by atoms with Gasteiger partial charge in [0, 0.05) is 6.42 Å². The first kappa shape index (κ1) is 21.8. The van der Waals surface area contributed by atoms with Gasteiger partial charge < -0.3 is 10.2 Å². The molecular formula is C20H37N2O3+. The first-order valence-electron chi connectivity index (χ1n) is 10.1. The number of hydrogen-bond donors (Lipinski definition) is 2. The van der Waals surface area contributed by atoms with Gasteiger partial charge in [0.25, 0.3) is 0 Å². The van der Waals surface area contributed by atoms with Crippen LogP contribution in [0, 0.1) is 0 Å². The number of quaternary nitrogens is 1. The molecule has 1 aliphatic rings. The van der Waals surface area contributed by atoms with E-state index in [0.29, 0.717) is 0 Å². The van der Waals surface area contributed by atoms with Crippen LogP contribution in [0.1, 0.15) is 90.4 Å². The van der Waals surface area contributed by atoms with Crippen molar-refractivity contribution in [3.05, 3.63) is 12.4 Å². The van der Waals surface area contributed by atoms with E-state index in [4.69, 9.17) is 5.11 Å². The molecule has 0 spiro atoms. The number of carbonyl (C=O) groups is 1. The topological polar surface area (TPSA) is 69.9 Å². The average Bonchev–Trinajstić information content (AvgIpc) is 2.98. The zero-order chi connectivity index (χ0) is 18.4. The van der Waals surface area contributed by atoms with E-state index >= 15 is 0 Å². The van der Waals surface area contributed by atoms with E-state index in [1.165, 1.54) is 64.2 Å². The first-order valence-corrected chi connectivity index (χ1v) is 10.1. The van der Waals surface area contributed by atoms with E-state index in [-0.39, 0.29) is 17.8 Å². The minimum Gasteiger partial charge on any atom is -0.477 e. The molecule has 144 valence electrons. The SMILES string of the molecule is CCCCCCCCCCCCCCC1=NC=C[N+]1(CO)CC(=O)O. The lowest BCUT2D eigenvalue weighted by Gasteiger charge is -2.28. The summed E-state index contributed by atoms with van der Waals surface area (Å²) in [7, 11) is 0. The number of carboxylic acid groups (broad SMARTS) is 1. The Morgan fingerprint density at radius 2 is 1.48 bits per heavy atom. The second kappa shape index (κ2) is 13.1. The van der Waals surface area contributed by atoms with E-state index < -0.39 is 5.97 Å². The van der Waals surface area contributed by atoms with E-state index in [1.54, 1.807) is 12.4 Å². The largest absolute Gasteiger partial charge is 0.477 e. The summed E-state index contributed by atoms with van der Waals surface area (Å²) in [4.78, 5) is 15.3. The summed E-state index contributed by atoms with van der Waals surface area (Å²) in [5.74, 6) is -0.139. The number of aliphatic carboxylic acids is 1. The summed E-state index contributed by atoms with van der Waals surface area (Å²) >= 11 is 0. The van der Waals surface area contributed by atoms with Gasteiger partial charge in [0.05, 0.1) is 6.20 Å². The minimum absolute atomic E-state index is 0.0344. The van der Waals surface area contributed by atoms with Crippen LogP contribution in [0.2, 0.25) is 0 Å². The second-order valence-corrected chi connectivity index (χ2v) is 7.21. The molecule has 1 aliphatic heterocycles. The molecule has 0 saturated heterocycles. The van der Waals surface area contributed by atoms with Crippen LogP contribution in [-0.2, 0) is 4.79 Å². The predicted octanol–water partition coefficient (Wildman–Crippen LogP) is 4.81. The van der Waals surface area contributed by atoms with Crippen LogP contribution in [0.3, 0.4) is 0 Å². The molecule has 2 N–H and O–H groups in total. The van der Waals surface area contributed by atoms with Crippen LogP contribution in [-0.4, -0.2) is 39.8 Å². The first-order chi connectivity index (χ1) is 12.1. The van der Waals surface area contributed by atoms with Gasteiger partial charge in [0.2, 0.25) is 5.84 Å². The van der Waals surface area contributed by atoms with Crippen molar-refractivity contribution in [2.75, 3.05) is 13.3 Å². The fraction of sp³-hybridized carbons (Fsp3) is 0.800. The Kier molecular flexibility index (Phi) is 11.4. The van der Waals surface area contributed by atoms with Crippen LogP contribution in [0.4, 0.5) is 0 Å². The molecule has 0 bridgehead atoms. The number of carboxylic acids is 1. The number of aliphatic hydroxyl groups is 1. The zero-order valence-electron chi connectivity index (χ0n) is 16.0. The van der Waals surface area contributed by atoms with Crippen molar-refractivity contribution < 1.29 is 19.5 Å². The molecular weight excluding hydrogens is 316 g/mol. The molecule has 25 heavy (non-hydrogen) atoms. The fourth-order valence-electron chi connectivity index (χ4n) is 3.42. The standard InChI is InChI=1S/C20H36N2O3/c1-2-3-4-5-6-7-8-9-10-11-12-13-14-19-21-15-16-22(19,18-23)17-20(24)25/h15-16,23H,2-14,17-18H2,1H3/p+1. The van der Waals surface area contributed by atoms with Crippen molar-refractivity contribution in [3.63, 3.8) is 0 Å². The number of aliphatic imine (C=N–C) groups is 1. The van der Waals surface area contributed by atoms with Crippen molar-refractivity contribution in [2.45, 2.75) is 90.4 Å². The van der Waals surface area contributed by atoms with Gasteiger partial charge in [-0.25, -0.2) is 14.3 Å². The molecule has 0 radical (unpaired) electrons. The van der Waals surface area contributed by atoms with Gasteiger partial charge in [-0.2, -0.15) is 0 Å². The maximum Gasteiger partial charge on any atom is 0.360 e. The lowest BCUT2D eigenvalue weighted by atomic mass is 10.0. The van der Waals surface area contributed by atoms with E-state index in [1.807, 2.05) is 0 Å². The third kappa shape index (κ3) is 8.63. The summed E-state index contributed by atoms with van der Waals surface area (Å²) < 4.78 is -0.0344. The van der Waals surface area contributed by atoms with E-state index in [2.05, 4.69) is 11.9 Å². The van der Waals surface area contributed by atoms with Gasteiger partial charge in [0.15, 0.2) is 13.3 Å². The molecule has 0 aromatic carbocycles. The summed E-state index contributed by atoms with van der Waals surface area (Å²) in [6.45, 7) is 1.88.